The first-order valence-corrected chi connectivity index (χ1v) is 5.70. The molecule has 0 spiro atoms. The summed E-state index contributed by atoms with van der Waals surface area (Å²) in [6.07, 6.45) is 2.18. The van der Waals surface area contributed by atoms with E-state index < -0.39 is 5.67 Å². The molecule has 0 saturated heterocycles. The van der Waals surface area contributed by atoms with Crippen molar-refractivity contribution in [3.8, 4) is 0 Å². The van der Waals surface area contributed by atoms with E-state index in [0.29, 0.717) is 23.7 Å². The summed E-state index contributed by atoms with van der Waals surface area (Å²) in [6.45, 7) is 1.53. The predicted octanol–water partition coefficient (Wildman–Crippen LogP) is 2.75. The number of anilines is 1. The number of aromatic nitrogens is 1. The summed E-state index contributed by atoms with van der Waals surface area (Å²) in [5.41, 5.74) is -0.589. The Balaban J connectivity index is 1.80. The minimum atomic E-state index is -1.14. The topological polar surface area (TPSA) is 54.0 Å². The molecule has 6 heteroatoms. The molecule has 4 nitrogen and oxygen atoms in total. The summed E-state index contributed by atoms with van der Waals surface area (Å²) >= 11 is 5.61. The average Bonchev–Trinajstić information content (AvgIpc) is 2.18. The maximum absolute atomic E-state index is 13.2. The summed E-state index contributed by atoms with van der Waals surface area (Å²) in [5, 5.41) is 5.65. The van der Waals surface area contributed by atoms with Crippen LogP contribution in [0.15, 0.2) is 18.3 Å². The zero-order valence-corrected chi connectivity index (χ0v) is 10.1. The maximum Gasteiger partial charge on any atom is 0.319 e. The van der Waals surface area contributed by atoms with Gasteiger partial charge in [0.2, 0.25) is 0 Å². The highest BCUT2D eigenvalue weighted by Crippen LogP contribution is 2.35. The Hall–Kier alpha value is -1.36. The second-order valence-electron chi connectivity index (χ2n) is 4.49. The van der Waals surface area contributed by atoms with Crippen molar-refractivity contribution < 1.29 is 9.18 Å². The molecule has 1 aliphatic carbocycles. The molecule has 1 heterocycles. The summed E-state index contributed by atoms with van der Waals surface area (Å²) in [6, 6.07) is 2.79. The third-order valence-corrected chi connectivity index (χ3v) is 2.89. The van der Waals surface area contributed by atoms with Crippen molar-refractivity contribution in [1.82, 2.24) is 10.3 Å². The van der Waals surface area contributed by atoms with Gasteiger partial charge in [-0.15, -0.1) is 0 Å². The van der Waals surface area contributed by atoms with Gasteiger partial charge < -0.3 is 10.6 Å². The fourth-order valence-electron chi connectivity index (χ4n) is 1.87. The van der Waals surface area contributed by atoms with Crippen LogP contribution in [-0.2, 0) is 0 Å². The molecule has 1 fully saturated rings. The summed E-state index contributed by atoms with van der Waals surface area (Å²) < 4.78 is 13.2. The van der Waals surface area contributed by atoms with Crippen molar-refractivity contribution >= 4 is 23.3 Å². The molecule has 0 atom stereocenters. The van der Waals surface area contributed by atoms with E-state index in [0.717, 1.165) is 0 Å². The molecule has 0 aliphatic heterocycles. The van der Waals surface area contributed by atoms with Gasteiger partial charge in [0.05, 0.1) is 11.9 Å². The second kappa shape index (κ2) is 4.49. The van der Waals surface area contributed by atoms with Crippen LogP contribution >= 0.6 is 11.6 Å². The summed E-state index contributed by atoms with van der Waals surface area (Å²) in [7, 11) is 0. The highest BCUT2D eigenvalue weighted by molar-refractivity contribution is 6.29. The molecule has 0 bridgehead atoms. The van der Waals surface area contributed by atoms with Gasteiger partial charge in [-0.2, -0.15) is 0 Å². The van der Waals surface area contributed by atoms with Crippen LogP contribution in [0.4, 0.5) is 14.9 Å². The average molecular weight is 258 g/mol. The van der Waals surface area contributed by atoms with Crippen LogP contribution in [0.1, 0.15) is 19.8 Å². The predicted molar refractivity (Wildman–Crippen MR) is 63.9 cm³/mol. The van der Waals surface area contributed by atoms with Gasteiger partial charge in [0.25, 0.3) is 0 Å². The molecule has 2 N–H and O–H groups in total. The Morgan fingerprint density at radius 1 is 1.59 bits per heavy atom. The van der Waals surface area contributed by atoms with Crippen molar-refractivity contribution in [2.24, 2.45) is 0 Å². The lowest BCUT2D eigenvalue weighted by molar-refractivity contribution is 0.0534. The molecule has 0 unspecified atom stereocenters. The Bertz CT molecular complexity index is 413. The van der Waals surface area contributed by atoms with Crippen LogP contribution in [0.25, 0.3) is 0 Å². The van der Waals surface area contributed by atoms with Crippen molar-refractivity contribution in [1.29, 1.82) is 0 Å². The number of halogens is 2. The molecule has 1 saturated carbocycles. The van der Waals surface area contributed by atoms with Crippen molar-refractivity contribution in [2.75, 3.05) is 5.32 Å². The van der Waals surface area contributed by atoms with E-state index >= 15 is 0 Å². The van der Waals surface area contributed by atoms with Gasteiger partial charge in [-0.05, 0) is 19.1 Å². The smallest absolute Gasteiger partial charge is 0.319 e. The first-order chi connectivity index (χ1) is 7.94. The van der Waals surface area contributed by atoms with Crippen molar-refractivity contribution in [3.05, 3.63) is 23.5 Å². The highest BCUT2D eigenvalue weighted by atomic mass is 35.5. The molecule has 2 rings (SSSR count). The Morgan fingerprint density at radius 3 is 2.82 bits per heavy atom. The number of alkyl halides is 1. The molecule has 2 amide bonds. The normalized spacial score (nSPS) is 27.1. The first kappa shape index (κ1) is 12.1. The quantitative estimate of drug-likeness (QED) is 0.801. The number of nitrogens with zero attached hydrogens (tertiary/aromatic N) is 1. The molecule has 0 radical (unpaired) electrons. The maximum atomic E-state index is 13.2. The molecule has 1 aromatic heterocycles. The number of carbonyl (C=O) groups excluding carboxylic acids is 1. The van der Waals surface area contributed by atoms with E-state index in [1.165, 1.54) is 13.1 Å². The van der Waals surface area contributed by atoms with Gasteiger partial charge in [-0.1, -0.05) is 11.6 Å². The number of amides is 2. The largest absolute Gasteiger partial charge is 0.335 e. The van der Waals surface area contributed by atoms with Gasteiger partial charge >= 0.3 is 6.03 Å². The van der Waals surface area contributed by atoms with Crippen LogP contribution in [0.2, 0.25) is 5.15 Å². The number of hydrogen-bond donors (Lipinski definition) is 2. The number of pyridine rings is 1. The van der Waals surface area contributed by atoms with Crippen LogP contribution in [0.3, 0.4) is 0 Å². The zero-order chi connectivity index (χ0) is 12.5. The number of nitrogens with one attached hydrogen (secondary N) is 2. The first-order valence-electron chi connectivity index (χ1n) is 5.33. The monoisotopic (exact) mass is 257 g/mol. The summed E-state index contributed by atoms with van der Waals surface area (Å²) in [4.78, 5) is 15.3. The lowest BCUT2D eigenvalue weighted by Crippen LogP contribution is -2.52. The van der Waals surface area contributed by atoms with Crippen LogP contribution in [0, 0.1) is 0 Å². The van der Waals surface area contributed by atoms with Crippen LogP contribution < -0.4 is 10.6 Å². The fourth-order valence-corrected chi connectivity index (χ4v) is 1.98. The molecule has 1 aromatic rings. The van der Waals surface area contributed by atoms with Gasteiger partial charge in [0.15, 0.2) is 0 Å². The van der Waals surface area contributed by atoms with E-state index in [2.05, 4.69) is 15.6 Å². The molecular weight excluding hydrogens is 245 g/mol. The molecule has 0 aromatic carbocycles. The minimum absolute atomic E-state index is 0.0924. The fraction of sp³-hybridized carbons (Fsp3) is 0.455. The lowest BCUT2D eigenvalue weighted by atomic mass is 9.79. The van der Waals surface area contributed by atoms with E-state index in [1.807, 2.05) is 0 Å². The van der Waals surface area contributed by atoms with Crippen LogP contribution in [-0.4, -0.2) is 22.7 Å². The minimum Gasteiger partial charge on any atom is -0.335 e. The number of hydrogen-bond acceptors (Lipinski definition) is 2. The zero-order valence-electron chi connectivity index (χ0n) is 9.34. The van der Waals surface area contributed by atoms with E-state index in [1.54, 1.807) is 12.1 Å². The Kier molecular flexibility index (Phi) is 3.19. The van der Waals surface area contributed by atoms with Gasteiger partial charge in [0.1, 0.15) is 10.8 Å². The number of rotatable bonds is 2. The van der Waals surface area contributed by atoms with E-state index in [9.17, 15) is 9.18 Å². The van der Waals surface area contributed by atoms with Gasteiger partial charge in [-0.25, -0.2) is 14.2 Å². The lowest BCUT2D eigenvalue weighted by Gasteiger charge is -2.38. The highest BCUT2D eigenvalue weighted by Gasteiger charge is 2.41. The molecule has 17 heavy (non-hydrogen) atoms. The Morgan fingerprint density at radius 2 is 2.29 bits per heavy atom. The van der Waals surface area contributed by atoms with Crippen LogP contribution in [0.5, 0.6) is 0 Å². The van der Waals surface area contributed by atoms with Gasteiger partial charge in [0, 0.05) is 18.9 Å². The summed E-state index contributed by atoms with van der Waals surface area (Å²) in [5.74, 6) is 0. The Labute approximate surface area is 104 Å². The number of carbonyl (C=O) groups is 1. The third-order valence-electron chi connectivity index (χ3n) is 2.66. The van der Waals surface area contributed by atoms with Crippen molar-refractivity contribution in [3.63, 3.8) is 0 Å². The van der Waals surface area contributed by atoms with E-state index in [4.69, 9.17) is 11.6 Å². The molecule has 1 aliphatic rings. The van der Waals surface area contributed by atoms with Gasteiger partial charge in [-0.3, -0.25) is 0 Å². The molecule has 92 valence electrons. The molecular formula is C11H13ClFN3O. The van der Waals surface area contributed by atoms with Crippen molar-refractivity contribution in [2.45, 2.75) is 31.5 Å². The standard InChI is InChI=1S/C11H13ClFN3O/c1-11(13)4-8(5-11)16-10(17)15-7-2-3-9(12)14-6-7/h2-3,6,8H,4-5H2,1H3,(H2,15,16,17). The second-order valence-corrected chi connectivity index (χ2v) is 4.87. The SMILES string of the molecule is CC1(F)CC(NC(=O)Nc2ccc(Cl)nc2)C1. The third kappa shape index (κ3) is 3.30. The number of urea groups is 1. The van der Waals surface area contributed by atoms with E-state index in [-0.39, 0.29) is 12.1 Å².